The standard InChI is InChI=1S/C18H14N2O3S/c1-11-5-4-7-13(9-11)19-18(24)20-16(21)14-10-12-6-2-3-8-15(12)23-17(14)22/h2-10H,1H3,(H2,19,20,21,24). The number of carbonyl (C=O) groups is 1. The summed E-state index contributed by atoms with van der Waals surface area (Å²) in [7, 11) is 0. The summed E-state index contributed by atoms with van der Waals surface area (Å²) in [6.07, 6.45) is 0. The molecule has 0 unspecified atom stereocenters. The number of aryl methyl sites for hydroxylation is 1. The first-order chi connectivity index (χ1) is 11.5. The summed E-state index contributed by atoms with van der Waals surface area (Å²) in [5.74, 6) is -0.611. The average Bonchev–Trinajstić information content (AvgIpc) is 2.54. The van der Waals surface area contributed by atoms with Gasteiger partial charge in [-0.25, -0.2) is 4.79 Å². The molecule has 0 radical (unpaired) electrons. The Balaban J connectivity index is 1.78. The van der Waals surface area contributed by atoms with Crippen LogP contribution in [0.5, 0.6) is 0 Å². The number of hydrogen-bond donors (Lipinski definition) is 2. The fourth-order valence-electron chi connectivity index (χ4n) is 2.28. The van der Waals surface area contributed by atoms with Crippen molar-refractivity contribution in [1.29, 1.82) is 0 Å². The first-order valence-corrected chi connectivity index (χ1v) is 7.65. The molecule has 0 aliphatic carbocycles. The van der Waals surface area contributed by atoms with Gasteiger partial charge in [0.2, 0.25) is 0 Å². The Labute approximate surface area is 143 Å². The molecule has 5 nitrogen and oxygen atoms in total. The highest BCUT2D eigenvalue weighted by Crippen LogP contribution is 2.13. The molecule has 0 aliphatic rings. The Bertz CT molecular complexity index is 995. The van der Waals surface area contributed by atoms with Gasteiger partial charge in [0.25, 0.3) is 5.91 Å². The van der Waals surface area contributed by atoms with Crippen molar-refractivity contribution in [2.45, 2.75) is 6.92 Å². The van der Waals surface area contributed by atoms with Crippen LogP contribution >= 0.6 is 12.2 Å². The van der Waals surface area contributed by atoms with Gasteiger partial charge in [-0.3, -0.25) is 10.1 Å². The molecule has 0 saturated heterocycles. The smallest absolute Gasteiger partial charge is 0.349 e. The summed E-state index contributed by atoms with van der Waals surface area (Å²) in [6, 6.07) is 16.0. The minimum Gasteiger partial charge on any atom is -0.422 e. The lowest BCUT2D eigenvalue weighted by Gasteiger charge is -2.09. The third-order valence-corrected chi connectivity index (χ3v) is 3.59. The third-order valence-electron chi connectivity index (χ3n) is 3.39. The number of rotatable bonds is 2. The predicted molar refractivity (Wildman–Crippen MR) is 97.3 cm³/mol. The van der Waals surface area contributed by atoms with Crippen molar-refractivity contribution >= 4 is 39.9 Å². The SMILES string of the molecule is Cc1cccc(NC(=S)NC(=O)c2cc3ccccc3oc2=O)c1. The summed E-state index contributed by atoms with van der Waals surface area (Å²) in [5.41, 5.74) is 1.45. The van der Waals surface area contributed by atoms with Crippen molar-refractivity contribution in [3.05, 3.63) is 76.1 Å². The lowest BCUT2D eigenvalue weighted by atomic mass is 10.2. The monoisotopic (exact) mass is 338 g/mol. The maximum atomic E-state index is 12.3. The van der Waals surface area contributed by atoms with Crippen LogP contribution in [0.25, 0.3) is 11.0 Å². The molecule has 2 N–H and O–H groups in total. The first-order valence-electron chi connectivity index (χ1n) is 7.25. The highest BCUT2D eigenvalue weighted by molar-refractivity contribution is 7.80. The van der Waals surface area contributed by atoms with Gasteiger partial charge < -0.3 is 9.73 Å². The number of para-hydroxylation sites is 1. The third kappa shape index (κ3) is 3.49. The van der Waals surface area contributed by atoms with Gasteiger partial charge in [-0.05, 0) is 49.0 Å². The molecule has 1 aromatic heterocycles. The zero-order valence-corrected chi connectivity index (χ0v) is 13.6. The quantitative estimate of drug-likeness (QED) is 0.554. The number of fused-ring (bicyclic) bond motifs is 1. The lowest BCUT2D eigenvalue weighted by molar-refractivity contribution is 0.0974. The summed E-state index contributed by atoms with van der Waals surface area (Å²) < 4.78 is 5.15. The molecule has 0 bridgehead atoms. The topological polar surface area (TPSA) is 71.3 Å². The molecule has 0 aliphatic heterocycles. The molecule has 120 valence electrons. The Morgan fingerprint density at radius 2 is 1.88 bits per heavy atom. The number of hydrogen-bond acceptors (Lipinski definition) is 4. The molecule has 0 atom stereocenters. The van der Waals surface area contributed by atoms with Gasteiger partial charge in [-0.2, -0.15) is 0 Å². The molecule has 0 saturated carbocycles. The van der Waals surface area contributed by atoms with Gasteiger partial charge in [-0.1, -0.05) is 30.3 Å². The fourth-order valence-corrected chi connectivity index (χ4v) is 2.49. The van der Waals surface area contributed by atoms with Gasteiger partial charge in [0.15, 0.2) is 5.11 Å². The second-order valence-corrected chi connectivity index (χ2v) is 5.67. The summed E-state index contributed by atoms with van der Waals surface area (Å²) in [5, 5.41) is 6.17. The van der Waals surface area contributed by atoms with Gasteiger partial charge in [0.05, 0.1) is 0 Å². The molecule has 6 heteroatoms. The number of benzene rings is 2. The molecule has 3 aromatic rings. The predicted octanol–water partition coefficient (Wildman–Crippen LogP) is 3.23. The molecule has 2 aromatic carbocycles. The van der Waals surface area contributed by atoms with E-state index in [1.807, 2.05) is 31.2 Å². The van der Waals surface area contributed by atoms with Gasteiger partial charge in [0.1, 0.15) is 11.1 Å². The Hall–Kier alpha value is -2.99. The second-order valence-electron chi connectivity index (χ2n) is 5.26. The highest BCUT2D eigenvalue weighted by atomic mass is 32.1. The normalized spacial score (nSPS) is 10.4. The van der Waals surface area contributed by atoms with Crippen LogP contribution in [0.3, 0.4) is 0 Å². The van der Waals surface area contributed by atoms with E-state index in [9.17, 15) is 9.59 Å². The number of carbonyl (C=O) groups excluding carboxylic acids is 1. The summed E-state index contributed by atoms with van der Waals surface area (Å²) in [4.78, 5) is 24.2. The van der Waals surface area contributed by atoms with Crippen LogP contribution in [0.2, 0.25) is 0 Å². The van der Waals surface area contributed by atoms with Crippen LogP contribution < -0.4 is 16.3 Å². The zero-order chi connectivity index (χ0) is 17.1. The Kier molecular flexibility index (Phi) is 4.39. The van der Waals surface area contributed by atoms with E-state index in [0.29, 0.717) is 11.0 Å². The molecular weight excluding hydrogens is 324 g/mol. The van der Waals surface area contributed by atoms with Crippen LogP contribution in [0.15, 0.2) is 63.8 Å². The fraction of sp³-hybridized carbons (Fsp3) is 0.0556. The molecular formula is C18H14N2O3S. The molecule has 0 fully saturated rings. The van der Waals surface area contributed by atoms with E-state index in [-0.39, 0.29) is 10.7 Å². The number of amides is 1. The molecule has 0 spiro atoms. The van der Waals surface area contributed by atoms with Crippen molar-refractivity contribution in [3.8, 4) is 0 Å². The molecule has 1 heterocycles. The Morgan fingerprint density at radius 3 is 2.67 bits per heavy atom. The summed E-state index contributed by atoms with van der Waals surface area (Å²) in [6.45, 7) is 1.95. The van der Waals surface area contributed by atoms with Crippen LogP contribution in [0, 0.1) is 6.92 Å². The van der Waals surface area contributed by atoms with Crippen molar-refractivity contribution in [1.82, 2.24) is 5.32 Å². The minimum absolute atomic E-state index is 0.0953. The maximum Gasteiger partial charge on any atom is 0.349 e. The highest BCUT2D eigenvalue weighted by Gasteiger charge is 2.15. The van der Waals surface area contributed by atoms with Gasteiger partial charge >= 0.3 is 5.63 Å². The second kappa shape index (κ2) is 6.64. The molecule has 1 amide bonds. The van der Waals surface area contributed by atoms with Crippen molar-refractivity contribution in [2.24, 2.45) is 0 Å². The number of anilines is 1. The lowest BCUT2D eigenvalue weighted by Crippen LogP contribution is -2.36. The first kappa shape index (κ1) is 15.9. The minimum atomic E-state index is -0.704. The average molecular weight is 338 g/mol. The van der Waals surface area contributed by atoms with Crippen molar-refractivity contribution < 1.29 is 9.21 Å². The van der Waals surface area contributed by atoms with E-state index in [1.165, 1.54) is 6.07 Å². The van der Waals surface area contributed by atoms with Crippen molar-refractivity contribution in [2.75, 3.05) is 5.32 Å². The number of nitrogens with one attached hydrogen (secondary N) is 2. The molecule has 24 heavy (non-hydrogen) atoms. The molecule has 3 rings (SSSR count). The van der Waals surface area contributed by atoms with Crippen LogP contribution in [-0.4, -0.2) is 11.0 Å². The van der Waals surface area contributed by atoms with Crippen LogP contribution in [0.4, 0.5) is 5.69 Å². The van der Waals surface area contributed by atoms with E-state index in [1.54, 1.807) is 24.3 Å². The largest absolute Gasteiger partial charge is 0.422 e. The summed E-state index contributed by atoms with van der Waals surface area (Å²) >= 11 is 5.12. The van der Waals surface area contributed by atoms with Crippen molar-refractivity contribution in [3.63, 3.8) is 0 Å². The zero-order valence-electron chi connectivity index (χ0n) is 12.8. The van der Waals surface area contributed by atoms with E-state index in [2.05, 4.69) is 10.6 Å². The van der Waals surface area contributed by atoms with Gasteiger partial charge in [-0.15, -0.1) is 0 Å². The maximum absolute atomic E-state index is 12.3. The van der Waals surface area contributed by atoms with E-state index < -0.39 is 11.5 Å². The Morgan fingerprint density at radius 1 is 1.08 bits per heavy atom. The van der Waals surface area contributed by atoms with Crippen LogP contribution in [0.1, 0.15) is 15.9 Å². The number of thiocarbonyl (C=S) groups is 1. The van der Waals surface area contributed by atoms with Crippen LogP contribution in [-0.2, 0) is 0 Å². The van der Waals surface area contributed by atoms with E-state index in [4.69, 9.17) is 16.6 Å². The van der Waals surface area contributed by atoms with E-state index >= 15 is 0 Å². The van der Waals surface area contributed by atoms with Gasteiger partial charge in [0, 0.05) is 11.1 Å². The van der Waals surface area contributed by atoms with E-state index in [0.717, 1.165) is 11.3 Å².